The van der Waals surface area contributed by atoms with Gasteiger partial charge in [0.2, 0.25) is 0 Å². The van der Waals surface area contributed by atoms with Gasteiger partial charge in [-0.1, -0.05) is 0 Å². The van der Waals surface area contributed by atoms with Crippen LogP contribution in [-0.2, 0) is 10.9 Å². The van der Waals surface area contributed by atoms with Crippen LogP contribution in [0.3, 0.4) is 0 Å². The molecule has 0 amide bonds. The highest BCUT2D eigenvalue weighted by atomic mass is 19.4. The average Bonchev–Trinajstić information content (AvgIpc) is 2.66. The van der Waals surface area contributed by atoms with Gasteiger partial charge in [-0.3, -0.25) is 0 Å². The topological polar surface area (TPSA) is 56.5 Å². The van der Waals surface area contributed by atoms with E-state index >= 15 is 0 Å². The number of hydrogen-bond donors (Lipinski definition) is 0. The fourth-order valence-corrected chi connectivity index (χ4v) is 1.60. The molecule has 0 aliphatic rings. The van der Waals surface area contributed by atoms with E-state index in [1.165, 1.54) is 6.07 Å². The first kappa shape index (κ1) is 13.3. The van der Waals surface area contributed by atoms with Crippen LogP contribution in [0.4, 0.5) is 13.2 Å². The maximum Gasteiger partial charge on any atom is 0.433 e. The zero-order valence-corrected chi connectivity index (χ0v) is 10.2. The van der Waals surface area contributed by atoms with Gasteiger partial charge in [0.15, 0.2) is 17.0 Å². The molecule has 0 N–H and O–H groups in total. The van der Waals surface area contributed by atoms with E-state index in [1.807, 2.05) is 0 Å². The number of aromatic nitrogens is 3. The van der Waals surface area contributed by atoms with E-state index in [9.17, 15) is 18.0 Å². The van der Waals surface area contributed by atoms with Crippen LogP contribution in [0.15, 0.2) is 12.1 Å². The first-order valence-electron chi connectivity index (χ1n) is 5.44. The summed E-state index contributed by atoms with van der Waals surface area (Å²) in [4.78, 5) is 15.3. The summed E-state index contributed by atoms with van der Waals surface area (Å²) in [7, 11) is 0. The molecule has 0 atom stereocenters. The Bertz CT molecular complexity index is 634. The third-order valence-electron chi connectivity index (χ3n) is 2.32. The Balaban J connectivity index is 2.66. The van der Waals surface area contributed by atoms with Gasteiger partial charge in [-0.05, 0) is 13.8 Å². The number of hydrogen-bond acceptors (Lipinski definition) is 4. The lowest BCUT2D eigenvalue weighted by Gasteiger charge is -2.10. The summed E-state index contributed by atoms with van der Waals surface area (Å²) in [6.45, 7) is 3.16. The summed E-state index contributed by atoms with van der Waals surface area (Å²) in [5.41, 5.74) is -1.12. The second kappa shape index (κ2) is 4.52. The van der Waals surface area contributed by atoms with E-state index < -0.39 is 17.8 Å². The van der Waals surface area contributed by atoms with E-state index in [0.29, 0.717) is 16.3 Å². The highest BCUT2D eigenvalue weighted by molar-refractivity contribution is 5.88. The van der Waals surface area contributed by atoms with Crippen molar-refractivity contribution in [3.8, 4) is 0 Å². The highest BCUT2D eigenvalue weighted by Crippen LogP contribution is 2.30. The number of nitrogens with zero attached hydrogens (tertiary/aromatic N) is 3. The molecule has 0 spiro atoms. The Morgan fingerprint density at radius 3 is 2.68 bits per heavy atom. The van der Waals surface area contributed by atoms with Crippen molar-refractivity contribution in [3.05, 3.63) is 29.2 Å². The summed E-state index contributed by atoms with van der Waals surface area (Å²) >= 11 is 0. The lowest BCUT2D eigenvalue weighted by molar-refractivity contribution is -0.142. The molecule has 2 heterocycles. The quantitative estimate of drug-likeness (QED) is 0.787. The zero-order chi connectivity index (χ0) is 14.2. The molecule has 0 aliphatic carbocycles. The summed E-state index contributed by atoms with van der Waals surface area (Å²) < 4.78 is 44.1. The van der Waals surface area contributed by atoms with Crippen molar-refractivity contribution in [1.82, 2.24) is 14.6 Å². The van der Waals surface area contributed by atoms with E-state index in [-0.39, 0.29) is 17.9 Å². The largest absolute Gasteiger partial charge is 0.461 e. The van der Waals surface area contributed by atoms with Crippen molar-refractivity contribution in [2.24, 2.45) is 0 Å². The molecular weight excluding hydrogens is 263 g/mol. The smallest absolute Gasteiger partial charge is 0.433 e. The van der Waals surface area contributed by atoms with Crippen molar-refractivity contribution in [3.63, 3.8) is 0 Å². The van der Waals surface area contributed by atoms with E-state index in [2.05, 4.69) is 14.8 Å². The molecule has 2 rings (SSSR count). The minimum atomic E-state index is -4.64. The Morgan fingerprint density at radius 2 is 2.11 bits per heavy atom. The summed E-state index contributed by atoms with van der Waals surface area (Å²) in [5.74, 6) is -0.894. The molecule has 19 heavy (non-hydrogen) atoms. The van der Waals surface area contributed by atoms with Crippen molar-refractivity contribution in [2.45, 2.75) is 20.0 Å². The second-order valence-corrected chi connectivity index (χ2v) is 3.80. The van der Waals surface area contributed by atoms with Gasteiger partial charge in [0, 0.05) is 12.1 Å². The molecular formula is C11H10F3N3O2. The first-order valence-corrected chi connectivity index (χ1v) is 5.44. The number of rotatable bonds is 2. The number of aryl methyl sites for hydroxylation is 1. The van der Waals surface area contributed by atoms with Crippen LogP contribution in [0.2, 0.25) is 0 Å². The normalized spacial score (nSPS) is 11.8. The number of carbonyl (C=O) groups excluding carboxylic acids is 1. The predicted molar refractivity (Wildman–Crippen MR) is 58.7 cm³/mol. The SMILES string of the molecule is CCOC(=O)c1cc(C(F)(F)F)n2nc(C)cc2n1. The van der Waals surface area contributed by atoms with Crippen molar-refractivity contribution in [1.29, 1.82) is 0 Å². The number of carbonyl (C=O) groups is 1. The molecule has 0 radical (unpaired) electrons. The Kier molecular flexibility index (Phi) is 3.17. The number of esters is 1. The van der Waals surface area contributed by atoms with E-state index in [0.717, 1.165) is 0 Å². The number of halogens is 3. The van der Waals surface area contributed by atoms with Crippen LogP contribution in [0.1, 0.15) is 28.8 Å². The van der Waals surface area contributed by atoms with Crippen LogP contribution in [0.25, 0.3) is 5.65 Å². The van der Waals surface area contributed by atoms with Gasteiger partial charge in [-0.15, -0.1) is 0 Å². The molecule has 0 aliphatic heterocycles. The number of ether oxygens (including phenoxy) is 1. The summed E-state index contributed by atoms with van der Waals surface area (Å²) in [5, 5.41) is 3.71. The standard InChI is InChI=1S/C11H10F3N3O2/c1-3-19-10(18)7-5-8(11(12,13)14)17-9(15-7)4-6(2)16-17/h4-5H,3H2,1-2H3. The van der Waals surface area contributed by atoms with Gasteiger partial charge in [-0.25, -0.2) is 14.3 Å². The van der Waals surface area contributed by atoms with Gasteiger partial charge >= 0.3 is 12.1 Å². The van der Waals surface area contributed by atoms with Crippen molar-refractivity contribution in [2.75, 3.05) is 6.61 Å². The van der Waals surface area contributed by atoms with Crippen molar-refractivity contribution >= 4 is 11.6 Å². The van der Waals surface area contributed by atoms with E-state index in [4.69, 9.17) is 0 Å². The average molecular weight is 273 g/mol. The Hall–Kier alpha value is -2.12. The fourth-order valence-electron chi connectivity index (χ4n) is 1.60. The molecule has 0 fully saturated rings. The Morgan fingerprint density at radius 1 is 1.42 bits per heavy atom. The third kappa shape index (κ3) is 2.51. The summed E-state index contributed by atoms with van der Waals surface area (Å²) in [6.07, 6.45) is -4.64. The van der Waals surface area contributed by atoms with Gasteiger partial charge in [0.1, 0.15) is 0 Å². The molecule has 5 nitrogen and oxygen atoms in total. The molecule has 8 heteroatoms. The molecule has 0 saturated heterocycles. The van der Waals surface area contributed by atoms with Crippen LogP contribution < -0.4 is 0 Å². The van der Waals surface area contributed by atoms with Gasteiger partial charge in [-0.2, -0.15) is 18.3 Å². The number of fused-ring (bicyclic) bond motifs is 1. The van der Waals surface area contributed by atoms with Crippen LogP contribution in [0.5, 0.6) is 0 Å². The van der Waals surface area contributed by atoms with Gasteiger partial charge < -0.3 is 4.74 Å². The lowest BCUT2D eigenvalue weighted by atomic mass is 10.3. The highest BCUT2D eigenvalue weighted by Gasteiger charge is 2.35. The van der Waals surface area contributed by atoms with Crippen molar-refractivity contribution < 1.29 is 22.7 Å². The maximum atomic E-state index is 12.9. The van der Waals surface area contributed by atoms with Crippen LogP contribution >= 0.6 is 0 Å². The van der Waals surface area contributed by atoms with Gasteiger partial charge in [0.25, 0.3) is 0 Å². The van der Waals surface area contributed by atoms with E-state index in [1.54, 1.807) is 13.8 Å². The summed E-state index contributed by atoms with van der Waals surface area (Å²) in [6, 6.07) is 2.00. The van der Waals surface area contributed by atoms with Crippen LogP contribution in [0, 0.1) is 6.92 Å². The van der Waals surface area contributed by atoms with Crippen LogP contribution in [-0.4, -0.2) is 27.2 Å². The molecule has 0 unspecified atom stereocenters. The lowest BCUT2D eigenvalue weighted by Crippen LogP contribution is -2.17. The minimum Gasteiger partial charge on any atom is -0.461 e. The van der Waals surface area contributed by atoms with Gasteiger partial charge in [0.05, 0.1) is 12.3 Å². The Labute approximate surface area is 106 Å². The molecule has 0 bridgehead atoms. The molecule has 2 aromatic rings. The fraction of sp³-hybridized carbons (Fsp3) is 0.364. The second-order valence-electron chi connectivity index (χ2n) is 3.80. The molecule has 0 saturated carbocycles. The maximum absolute atomic E-state index is 12.9. The minimum absolute atomic E-state index is 0.0459. The first-order chi connectivity index (χ1) is 8.82. The molecule has 102 valence electrons. The monoisotopic (exact) mass is 273 g/mol. The predicted octanol–water partition coefficient (Wildman–Crippen LogP) is 2.23. The zero-order valence-electron chi connectivity index (χ0n) is 10.2. The number of alkyl halides is 3. The molecule has 2 aromatic heterocycles. The molecule has 0 aromatic carbocycles. The third-order valence-corrected chi connectivity index (χ3v) is 2.32.